The van der Waals surface area contributed by atoms with Crippen molar-refractivity contribution in [3.05, 3.63) is 30.1 Å². The van der Waals surface area contributed by atoms with E-state index in [2.05, 4.69) is 10.3 Å². The van der Waals surface area contributed by atoms with Crippen LogP contribution in [0.4, 0.5) is 8.78 Å². The Morgan fingerprint density at radius 1 is 1.37 bits per heavy atom. The highest BCUT2D eigenvalue weighted by Gasteiger charge is 2.43. The van der Waals surface area contributed by atoms with Gasteiger partial charge in [0.25, 0.3) is 5.91 Å². The molecule has 1 aliphatic rings. The Labute approximate surface area is 109 Å². The number of amides is 1. The Kier molecular flexibility index (Phi) is 4.09. The first-order chi connectivity index (χ1) is 9.01. The molecule has 1 heterocycles. The molecule has 6 heteroatoms. The smallest absolute Gasteiger partial charge is 0.366 e. The molecule has 2 N–H and O–H groups in total. The quantitative estimate of drug-likeness (QED) is 0.876. The van der Waals surface area contributed by atoms with Gasteiger partial charge < -0.3 is 10.4 Å². The van der Waals surface area contributed by atoms with Gasteiger partial charge in [-0.05, 0) is 25.0 Å². The molecule has 2 unspecified atom stereocenters. The van der Waals surface area contributed by atoms with Gasteiger partial charge in [-0.25, -0.2) is 0 Å². The molecule has 1 amide bonds. The van der Waals surface area contributed by atoms with Crippen molar-refractivity contribution in [2.24, 2.45) is 0 Å². The first-order valence-corrected chi connectivity index (χ1v) is 6.30. The van der Waals surface area contributed by atoms with E-state index in [1.807, 2.05) is 0 Å². The molecule has 0 aliphatic heterocycles. The topological polar surface area (TPSA) is 62.2 Å². The molecule has 1 fully saturated rings. The lowest BCUT2D eigenvalue weighted by molar-refractivity contribution is -0.149. The van der Waals surface area contributed by atoms with Crippen LogP contribution < -0.4 is 5.32 Å². The van der Waals surface area contributed by atoms with Gasteiger partial charge in [0.05, 0.1) is 12.1 Å². The van der Waals surface area contributed by atoms with Gasteiger partial charge in [-0.15, -0.1) is 0 Å². The number of nitrogens with one attached hydrogen (secondary N) is 1. The summed E-state index contributed by atoms with van der Waals surface area (Å²) in [4.78, 5) is 15.2. The van der Waals surface area contributed by atoms with Crippen molar-refractivity contribution < 1.29 is 18.7 Å². The fraction of sp³-hybridized carbons (Fsp3) is 0.538. The van der Waals surface area contributed by atoms with E-state index < -0.39 is 29.7 Å². The van der Waals surface area contributed by atoms with E-state index in [1.54, 1.807) is 0 Å². The second kappa shape index (κ2) is 5.61. The minimum absolute atomic E-state index is 0.519. The lowest BCUT2D eigenvalue weighted by Gasteiger charge is -2.29. The molecule has 2 rings (SSSR count). The Morgan fingerprint density at radius 2 is 2.11 bits per heavy atom. The second-order valence-electron chi connectivity index (χ2n) is 4.72. The third-order valence-corrected chi connectivity index (χ3v) is 3.32. The summed E-state index contributed by atoms with van der Waals surface area (Å²) < 4.78 is 27.8. The molecule has 104 valence electrons. The third-order valence-electron chi connectivity index (χ3n) is 3.32. The average molecular weight is 270 g/mol. The molecule has 19 heavy (non-hydrogen) atoms. The van der Waals surface area contributed by atoms with Gasteiger partial charge in [-0.1, -0.05) is 18.9 Å². The van der Waals surface area contributed by atoms with Gasteiger partial charge in [0, 0.05) is 6.20 Å². The van der Waals surface area contributed by atoms with Crippen LogP contribution in [0, 0.1) is 0 Å². The maximum Gasteiger partial charge on any atom is 0.366 e. The number of alkyl halides is 2. The van der Waals surface area contributed by atoms with Crippen LogP contribution in [0.5, 0.6) is 0 Å². The number of aromatic nitrogens is 1. The van der Waals surface area contributed by atoms with E-state index >= 15 is 0 Å². The monoisotopic (exact) mass is 270 g/mol. The number of aliphatic hydroxyl groups excluding tert-OH is 1. The van der Waals surface area contributed by atoms with Crippen LogP contribution in [0.15, 0.2) is 24.4 Å². The molecule has 1 saturated carbocycles. The third kappa shape index (κ3) is 3.07. The van der Waals surface area contributed by atoms with Crippen molar-refractivity contribution >= 4 is 5.91 Å². The summed E-state index contributed by atoms with van der Waals surface area (Å²) in [6, 6.07) is 3.41. The SMILES string of the molecule is O=C(NC1CCCCC1O)C(F)(F)c1ccccn1. The molecule has 4 nitrogen and oxygen atoms in total. The second-order valence-corrected chi connectivity index (χ2v) is 4.72. The van der Waals surface area contributed by atoms with Gasteiger partial charge in [0.15, 0.2) is 0 Å². The number of pyridine rings is 1. The fourth-order valence-electron chi connectivity index (χ4n) is 2.20. The molecule has 1 aromatic heterocycles. The van der Waals surface area contributed by atoms with Crippen molar-refractivity contribution in [1.82, 2.24) is 10.3 Å². The highest BCUT2D eigenvalue weighted by molar-refractivity contribution is 5.84. The number of hydrogen-bond acceptors (Lipinski definition) is 3. The molecule has 0 bridgehead atoms. The molecule has 2 atom stereocenters. The fourth-order valence-corrected chi connectivity index (χ4v) is 2.20. The Hall–Kier alpha value is -1.56. The van der Waals surface area contributed by atoms with Crippen LogP contribution in [0.25, 0.3) is 0 Å². The maximum atomic E-state index is 13.9. The minimum Gasteiger partial charge on any atom is -0.391 e. The van der Waals surface area contributed by atoms with Crippen molar-refractivity contribution in [3.8, 4) is 0 Å². The first-order valence-electron chi connectivity index (χ1n) is 6.30. The molecule has 0 aromatic carbocycles. The number of rotatable bonds is 3. The molecule has 1 aromatic rings. The number of carbonyl (C=O) groups excluding carboxylic acids is 1. The van der Waals surface area contributed by atoms with Crippen LogP contribution in [0.2, 0.25) is 0 Å². The van der Waals surface area contributed by atoms with Crippen LogP contribution >= 0.6 is 0 Å². The zero-order valence-corrected chi connectivity index (χ0v) is 10.4. The van der Waals surface area contributed by atoms with Crippen LogP contribution in [0.1, 0.15) is 31.4 Å². The lowest BCUT2D eigenvalue weighted by Crippen LogP contribution is -2.50. The van der Waals surface area contributed by atoms with E-state index in [9.17, 15) is 18.7 Å². The average Bonchev–Trinajstić information content (AvgIpc) is 2.42. The summed E-state index contributed by atoms with van der Waals surface area (Å²) in [6.45, 7) is 0. The van der Waals surface area contributed by atoms with Crippen LogP contribution in [-0.4, -0.2) is 28.1 Å². The summed E-state index contributed by atoms with van der Waals surface area (Å²) in [5, 5.41) is 11.9. The zero-order valence-electron chi connectivity index (χ0n) is 10.4. The van der Waals surface area contributed by atoms with Gasteiger partial charge >= 0.3 is 5.92 Å². The highest BCUT2D eigenvalue weighted by Crippen LogP contribution is 2.27. The Morgan fingerprint density at radius 3 is 2.74 bits per heavy atom. The molecular weight excluding hydrogens is 254 g/mol. The van der Waals surface area contributed by atoms with Gasteiger partial charge in [-0.2, -0.15) is 8.78 Å². The van der Waals surface area contributed by atoms with E-state index in [4.69, 9.17) is 0 Å². The summed E-state index contributed by atoms with van der Waals surface area (Å²) >= 11 is 0. The molecule has 0 spiro atoms. The van der Waals surface area contributed by atoms with Gasteiger partial charge in [0.2, 0.25) is 0 Å². The summed E-state index contributed by atoms with van der Waals surface area (Å²) in [5.41, 5.74) is -0.585. The first kappa shape index (κ1) is 13.9. The van der Waals surface area contributed by atoms with Crippen molar-refractivity contribution in [2.75, 3.05) is 0 Å². The lowest BCUT2D eigenvalue weighted by atomic mass is 9.92. The van der Waals surface area contributed by atoms with Crippen LogP contribution in [0.3, 0.4) is 0 Å². The van der Waals surface area contributed by atoms with E-state index in [0.29, 0.717) is 12.8 Å². The van der Waals surface area contributed by atoms with E-state index in [0.717, 1.165) is 18.9 Å². The summed E-state index contributed by atoms with van der Waals surface area (Å²) in [6.07, 6.45) is 3.18. The predicted octanol–water partition coefficient (Wildman–Crippen LogP) is 1.59. The van der Waals surface area contributed by atoms with Crippen molar-refractivity contribution in [3.63, 3.8) is 0 Å². The van der Waals surface area contributed by atoms with Crippen molar-refractivity contribution in [1.29, 1.82) is 0 Å². The number of carbonyl (C=O) groups is 1. The Bertz CT molecular complexity index is 440. The predicted molar refractivity (Wildman–Crippen MR) is 64.5 cm³/mol. The molecule has 1 aliphatic carbocycles. The van der Waals surface area contributed by atoms with E-state index in [1.165, 1.54) is 18.3 Å². The molecule has 0 radical (unpaired) electrons. The molecule has 0 saturated heterocycles. The largest absolute Gasteiger partial charge is 0.391 e. The Balaban J connectivity index is 2.06. The normalized spacial score (nSPS) is 23.9. The van der Waals surface area contributed by atoms with Gasteiger partial charge in [0.1, 0.15) is 5.69 Å². The van der Waals surface area contributed by atoms with Crippen LogP contribution in [-0.2, 0) is 10.7 Å². The number of nitrogens with zero attached hydrogens (tertiary/aromatic N) is 1. The number of aliphatic hydroxyl groups is 1. The molecular formula is C13H16F2N2O2. The van der Waals surface area contributed by atoms with Crippen molar-refractivity contribution in [2.45, 2.75) is 43.8 Å². The van der Waals surface area contributed by atoms with E-state index in [-0.39, 0.29) is 0 Å². The zero-order chi connectivity index (χ0) is 13.9. The maximum absolute atomic E-state index is 13.9. The highest BCUT2D eigenvalue weighted by atomic mass is 19.3. The standard InChI is InChI=1S/C13H16F2N2O2/c14-13(15,11-7-3-4-8-16-11)12(19)17-9-5-1-2-6-10(9)18/h3-4,7-10,18H,1-2,5-6H2,(H,17,19). The summed E-state index contributed by atoms with van der Waals surface area (Å²) in [7, 11) is 0. The number of hydrogen-bond donors (Lipinski definition) is 2. The minimum atomic E-state index is -3.68. The number of halogens is 2. The van der Waals surface area contributed by atoms with Gasteiger partial charge in [-0.3, -0.25) is 9.78 Å². The summed E-state index contributed by atoms with van der Waals surface area (Å²) in [5.74, 6) is -5.09.